The Balaban J connectivity index is 2.65. The van der Waals surface area contributed by atoms with Gasteiger partial charge in [0.2, 0.25) is 0 Å². The van der Waals surface area contributed by atoms with Crippen molar-refractivity contribution in [3.05, 3.63) is 23.9 Å². The van der Waals surface area contributed by atoms with Crippen molar-refractivity contribution in [1.82, 2.24) is 4.98 Å². The van der Waals surface area contributed by atoms with Crippen LogP contribution < -0.4 is 5.73 Å². The van der Waals surface area contributed by atoms with Gasteiger partial charge in [0.05, 0.1) is 0 Å². The zero-order chi connectivity index (χ0) is 11.3. The molecule has 2 N–H and O–H groups in total. The minimum Gasteiger partial charge on any atom is -0.384 e. The Morgan fingerprint density at radius 2 is 2.40 bits per heavy atom. The van der Waals surface area contributed by atoms with Crippen molar-refractivity contribution in [2.75, 3.05) is 12.8 Å². The van der Waals surface area contributed by atoms with Crippen molar-refractivity contribution in [2.45, 2.75) is 25.9 Å². The van der Waals surface area contributed by atoms with Gasteiger partial charge < -0.3 is 10.5 Å². The molecule has 0 amide bonds. The number of nitrogens with zero attached hydrogens (tertiary/aromatic N) is 1. The lowest BCUT2D eigenvalue weighted by molar-refractivity contribution is -0.128. The number of rotatable bonds is 5. The third-order valence-electron chi connectivity index (χ3n) is 2.24. The zero-order valence-corrected chi connectivity index (χ0v) is 9.06. The molecule has 0 aliphatic rings. The molecule has 1 heterocycles. The van der Waals surface area contributed by atoms with Crippen LogP contribution in [-0.2, 0) is 16.0 Å². The first kappa shape index (κ1) is 11.7. The summed E-state index contributed by atoms with van der Waals surface area (Å²) in [7, 11) is 1.55. The number of hydrogen-bond donors (Lipinski definition) is 1. The Hall–Kier alpha value is -1.42. The molecule has 1 aromatic heterocycles. The summed E-state index contributed by atoms with van der Waals surface area (Å²) in [4.78, 5) is 15.6. The van der Waals surface area contributed by atoms with Gasteiger partial charge in [-0.3, -0.25) is 4.79 Å². The number of methoxy groups -OCH3 is 1. The van der Waals surface area contributed by atoms with Crippen molar-refractivity contribution < 1.29 is 9.53 Å². The number of pyridine rings is 1. The molecule has 0 fully saturated rings. The summed E-state index contributed by atoms with van der Waals surface area (Å²) in [6.45, 7) is 1.92. The number of Topliss-reactive ketones (excluding diaryl/α,β-unsaturated/α-hetero) is 1. The quantitative estimate of drug-likeness (QED) is 0.789. The summed E-state index contributed by atoms with van der Waals surface area (Å²) in [5.41, 5.74) is 6.40. The van der Waals surface area contributed by atoms with Crippen LogP contribution in [0.1, 0.15) is 18.9 Å². The molecular formula is C11H16N2O2. The first-order chi connectivity index (χ1) is 7.17. The van der Waals surface area contributed by atoms with Gasteiger partial charge in [0.1, 0.15) is 11.9 Å². The second-order valence-electron chi connectivity index (χ2n) is 3.36. The molecule has 0 aliphatic carbocycles. The lowest BCUT2D eigenvalue weighted by Crippen LogP contribution is -2.23. The van der Waals surface area contributed by atoms with Crippen LogP contribution in [0.4, 0.5) is 5.82 Å². The maximum Gasteiger partial charge on any atom is 0.165 e. The number of ether oxygens (including phenoxy) is 1. The smallest absolute Gasteiger partial charge is 0.165 e. The topological polar surface area (TPSA) is 65.2 Å². The number of nitrogen functional groups attached to an aromatic ring is 1. The molecule has 1 rings (SSSR count). The van der Waals surface area contributed by atoms with Crippen LogP contribution in [0.3, 0.4) is 0 Å². The zero-order valence-electron chi connectivity index (χ0n) is 9.06. The molecule has 0 radical (unpaired) electrons. The van der Waals surface area contributed by atoms with Crippen LogP contribution in [0.5, 0.6) is 0 Å². The maximum absolute atomic E-state index is 11.7. The normalized spacial score (nSPS) is 12.4. The van der Waals surface area contributed by atoms with Gasteiger partial charge in [0.15, 0.2) is 5.78 Å². The van der Waals surface area contributed by atoms with Gasteiger partial charge in [-0.2, -0.15) is 0 Å². The number of ketones is 1. The highest BCUT2D eigenvalue weighted by atomic mass is 16.5. The molecular weight excluding hydrogens is 192 g/mol. The number of carbonyl (C=O) groups excluding carboxylic acids is 1. The summed E-state index contributed by atoms with van der Waals surface area (Å²) in [5, 5.41) is 0. The van der Waals surface area contributed by atoms with Crippen molar-refractivity contribution >= 4 is 11.6 Å². The highest BCUT2D eigenvalue weighted by Crippen LogP contribution is 2.08. The van der Waals surface area contributed by atoms with Gasteiger partial charge in [-0.1, -0.05) is 6.92 Å². The Morgan fingerprint density at radius 3 is 2.93 bits per heavy atom. The van der Waals surface area contributed by atoms with Crippen molar-refractivity contribution in [2.24, 2.45) is 0 Å². The van der Waals surface area contributed by atoms with Gasteiger partial charge >= 0.3 is 0 Å². The fourth-order valence-electron chi connectivity index (χ4n) is 1.45. The molecule has 0 aromatic carbocycles. The molecule has 15 heavy (non-hydrogen) atoms. The number of hydrogen-bond acceptors (Lipinski definition) is 4. The first-order valence-electron chi connectivity index (χ1n) is 4.93. The molecule has 0 spiro atoms. The van der Waals surface area contributed by atoms with E-state index in [1.165, 1.54) is 0 Å². The summed E-state index contributed by atoms with van der Waals surface area (Å²) in [6, 6.07) is 3.50. The van der Waals surface area contributed by atoms with E-state index in [4.69, 9.17) is 10.5 Å². The molecule has 82 valence electrons. The number of anilines is 1. The van der Waals surface area contributed by atoms with E-state index < -0.39 is 0 Å². The average molecular weight is 208 g/mol. The van der Waals surface area contributed by atoms with Crippen LogP contribution in [0.2, 0.25) is 0 Å². The first-order valence-corrected chi connectivity index (χ1v) is 4.93. The van der Waals surface area contributed by atoms with Crippen LogP contribution >= 0.6 is 0 Å². The van der Waals surface area contributed by atoms with Gasteiger partial charge in [-0.15, -0.1) is 0 Å². The summed E-state index contributed by atoms with van der Waals surface area (Å²) < 4.78 is 5.07. The van der Waals surface area contributed by atoms with E-state index in [2.05, 4.69) is 4.98 Å². The highest BCUT2D eigenvalue weighted by molar-refractivity contribution is 5.85. The maximum atomic E-state index is 11.7. The van der Waals surface area contributed by atoms with Crippen LogP contribution in [0, 0.1) is 0 Å². The molecule has 4 heteroatoms. The lowest BCUT2D eigenvalue weighted by Gasteiger charge is -2.11. The minimum atomic E-state index is -0.320. The fourth-order valence-corrected chi connectivity index (χ4v) is 1.45. The van der Waals surface area contributed by atoms with E-state index >= 15 is 0 Å². The Labute approximate surface area is 89.5 Å². The number of aromatic nitrogens is 1. The largest absolute Gasteiger partial charge is 0.384 e. The van der Waals surface area contributed by atoms with Crippen molar-refractivity contribution in [1.29, 1.82) is 0 Å². The van der Waals surface area contributed by atoms with Gasteiger partial charge in [0, 0.05) is 19.7 Å². The molecule has 1 atom stereocenters. The minimum absolute atomic E-state index is 0.0746. The monoisotopic (exact) mass is 208 g/mol. The second kappa shape index (κ2) is 5.46. The van der Waals surface area contributed by atoms with Gasteiger partial charge in [-0.25, -0.2) is 4.98 Å². The predicted molar refractivity (Wildman–Crippen MR) is 58.4 cm³/mol. The van der Waals surface area contributed by atoms with E-state index in [-0.39, 0.29) is 11.9 Å². The molecule has 1 unspecified atom stereocenters. The van der Waals surface area contributed by atoms with E-state index in [1.807, 2.05) is 6.92 Å². The molecule has 1 aromatic rings. The van der Waals surface area contributed by atoms with Crippen LogP contribution in [-0.4, -0.2) is 24.0 Å². The molecule has 4 nitrogen and oxygen atoms in total. The second-order valence-corrected chi connectivity index (χ2v) is 3.36. The van der Waals surface area contributed by atoms with E-state index in [0.29, 0.717) is 18.7 Å². The highest BCUT2D eigenvalue weighted by Gasteiger charge is 2.15. The third-order valence-corrected chi connectivity index (χ3v) is 2.24. The molecule has 0 saturated carbocycles. The van der Waals surface area contributed by atoms with Crippen molar-refractivity contribution in [3.8, 4) is 0 Å². The Kier molecular flexibility index (Phi) is 4.24. The number of carbonyl (C=O) groups is 1. The predicted octanol–water partition coefficient (Wildman–Crippen LogP) is 1.20. The molecule has 0 bridgehead atoms. The summed E-state index contributed by atoms with van der Waals surface area (Å²) in [6.07, 6.45) is 2.32. The van der Waals surface area contributed by atoms with Crippen LogP contribution in [0.15, 0.2) is 18.3 Å². The lowest BCUT2D eigenvalue weighted by atomic mass is 10.0. The van der Waals surface area contributed by atoms with E-state index in [0.717, 1.165) is 5.56 Å². The Bertz CT molecular complexity index is 335. The standard InChI is InChI=1S/C11H16N2O2/c1-3-10(15-2)9(14)6-8-4-5-13-11(12)7-8/h4-5,7,10H,3,6H2,1-2H3,(H2,12,13). The molecule has 0 saturated heterocycles. The van der Waals surface area contributed by atoms with Gasteiger partial charge in [-0.05, 0) is 24.1 Å². The fraction of sp³-hybridized carbons (Fsp3) is 0.455. The molecule has 0 aliphatic heterocycles. The van der Waals surface area contributed by atoms with E-state index in [1.54, 1.807) is 25.4 Å². The van der Waals surface area contributed by atoms with Crippen LogP contribution in [0.25, 0.3) is 0 Å². The Morgan fingerprint density at radius 1 is 1.67 bits per heavy atom. The van der Waals surface area contributed by atoms with Gasteiger partial charge in [0.25, 0.3) is 0 Å². The SMILES string of the molecule is CCC(OC)C(=O)Cc1ccnc(N)c1. The number of nitrogens with two attached hydrogens (primary N) is 1. The van der Waals surface area contributed by atoms with E-state index in [9.17, 15) is 4.79 Å². The van der Waals surface area contributed by atoms with Crippen molar-refractivity contribution in [3.63, 3.8) is 0 Å². The summed E-state index contributed by atoms with van der Waals surface area (Å²) >= 11 is 0. The third kappa shape index (κ3) is 3.32. The average Bonchev–Trinajstić information content (AvgIpc) is 2.19. The summed E-state index contributed by atoms with van der Waals surface area (Å²) in [5.74, 6) is 0.511.